The van der Waals surface area contributed by atoms with Gasteiger partial charge in [-0.15, -0.1) is 0 Å². The average molecular weight is 434 g/mol. The van der Waals surface area contributed by atoms with Crippen LogP contribution in [0.25, 0.3) is 0 Å². The van der Waals surface area contributed by atoms with Gasteiger partial charge in [-0.2, -0.15) is 4.31 Å². The molecule has 0 unspecified atom stereocenters. The first kappa shape index (κ1) is 22.3. The molecule has 9 heteroatoms. The zero-order valence-corrected chi connectivity index (χ0v) is 18.6. The van der Waals surface area contributed by atoms with E-state index in [1.165, 1.54) is 21.7 Å². The fourth-order valence-electron chi connectivity index (χ4n) is 3.43. The summed E-state index contributed by atoms with van der Waals surface area (Å²) in [4.78, 5) is 6.89. The molecule has 0 bridgehead atoms. The van der Waals surface area contributed by atoms with Crippen molar-refractivity contribution in [2.45, 2.75) is 32.4 Å². The molecular formula is C21H31N5O3S. The van der Waals surface area contributed by atoms with E-state index in [4.69, 9.17) is 9.52 Å². The molecule has 0 aliphatic carbocycles. The molecule has 0 atom stereocenters. The van der Waals surface area contributed by atoms with Gasteiger partial charge in [-0.3, -0.25) is 4.99 Å². The Morgan fingerprint density at radius 2 is 1.80 bits per heavy atom. The standard InChI is InChI=1S/C21H31N5O3S/c1-3-18-5-7-19(8-6-18)9-11-23-21(22-4-2)25-12-14-26(15-13-25)30(27,28)17-20-10-16-29-24-20/h5-8,10,16H,3-4,9,11-15,17H2,1-2H3,(H,22,23). The van der Waals surface area contributed by atoms with E-state index in [1.807, 2.05) is 6.92 Å². The van der Waals surface area contributed by atoms with Crippen molar-refractivity contribution in [2.24, 2.45) is 4.99 Å². The fourth-order valence-corrected chi connectivity index (χ4v) is 4.85. The molecule has 164 valence electrons. The van der Waals surface area contributed by atoms with Crippen molar-refractivity contribution >= 4 is 16.0 Å². The van der Waals surface area contributed by atoms with Crippen molar-refractivity contribution in [3.8, 4) is 0 Å². The largest absolute Gasteiger partial charge is 0.364 e. The summed E-state index contributed by atoms with van der Waals surface area (Å²) in [5.74, 6) is 0.713. The second-order valence-corrected chi connectivity index (χ2v) is 9.26. The minimum atomic E-state index is -3.40. The van der Waals surface area contributed by atoms with Crippen molar-refractivity contribution in [3.05, 3.63) is 53.4 Å². The lowest BCUT2D eigenvalue weighted by Crippen LogP contribution is -2.54. The summed E-state index contributed by atoms with van der Waals surface area (Å²) < 4.78 is 31.5. The van der Waals surface area contributed by atoms with Crippen molar-refractivity contribution < 1.29 is 12.9 Å². The molecule has 1 aliphatic heterocycles. The number of piperazine rings is 1. The Balaban J connectivity index is 1.54. The highest BCUT2D eigenvalue weighted by Gasteiger charge is 2.28. The molecule has 1 aromatic carbocycles. The van der Waals surface area contributed by atoms with Crippen LogP contribution in [0, 0.1) is 0 Å². The lowest BCUT2D eigenvalue weighted by atomic mass is 10.1. The topological polar surface area (TPSA) is 91.0 Å². The highest BCUT2D eigenvalue weighted by Crippen LogP contribution is 2.13. The molecule has 2 aromatic rings. The van der Waals surface area contributed by atoms with E-state index in [1.54, 1.807) is 6.07 Å². The van der Waals surface area contributed by atoms with E-state index in [9.17, 15) is 8.42 Å². The van der Waals surface area contributed by atoms with Gasteiger partial charge in [-0.1, -0.05) is 36.3 Å². The monoisotopic (exact) mass is 433 g/mol. The molecule has 3 rings (SSSR count). The van der Waals surface area contributed by atoms with Crippen LogP contribution in [0.4, 0.5) is 0 Å². The highest BCUT2D eigenvalue weighted by atomic mass is 32.2. The third kappa shape index (κ3) is 6.06. The molecule has 0 radical (unpaired) electrons. The molecule has 0 saturated carbocycles. The lowest BCUT2D eigenvalue weighted by Gasteiger charge is -2.35. The first-order valence-corrected chi connectivity index (χ1v) is 12.1. The first-order valence-electron chi connectivity index (χ1n) is 10.5. The number of aromatic nitrogens is 1. The van der Waals surface area contributed by atoms with E-state index < -0.39 is 10.0 Å². The normalized spacial score (nSPS) is 16.1. The van der Waals surface area contributed by atoms with Crippen LogP contribution in [0.5, 0.6) is 0 Å². The maximum Gasteiger partial charge on any atom is 0.220 e. The summed E-state index contributed by atoms with van der Waals surface area (Å²) in [5, 5.41) is 7.04. The summed E-state index contributed by atoms with van der Waals surface area (Å²) in [7, 11) is -3.40. The summed E-state index contributed by atoms with van der Waals surface area (Å²) in [6, 6.07) is 10.3. The van der Waals surface area contributed by atoms with E-state index >= 15 is 0 Å². The Morgan fingerprint density at radius 1 is 1.10 bits per heavy atom. The zero-order valence-electron chi connectivity index (χ0n) is 17.7. The molecule has 2 heterocycles. The third-order valence-corrected chi connectivity index (χ3v) is 6.99. The van der Waals surface area contributed by atoms with Crippen LogP contribution in [-0.4, -0.2) is 68.0 Å². The number of hydrogen-bond acceptors (Lipinski definition) is 5. The second kappa shape index (κ2) is 10.6. The quantitative estimate of drug-likeness (QED) is 0.505. The van der Waals surface area contributed by atoms with Crippen molar-refractivity contribution in [2.75, 3.05) is 39.3 Å². The minimum Gasteiger partial charge on any atom is -0.364 e. The molecular weight excluding hydrogens is 402 g/mol. The number of benzene rings is 1. The molecule has 0 amide bonds. The smallest absolute Gasteiger partial charge is 0.220 e. The van der Waals surface area contributed by atoms with Crippen molar-refractivity contribution in [3.63, 3.8) is 0 Å². The minimum absolute atomic E-state index is 0.130. The van der Waals surface area contributed by atoms with Gasteiger partial charge >= 0.3 is 0 Å². The summed E-state index contributed by atoms with van der Waals surface area (Å²) in [6.07, 6.45) is 3.31. The second-order valence-electron chi connectivity index (χ2n) is 7.29. The summed E-state index contributed by atoms with van der Waals surface area (Å²) in [6.45, 7) is 7.74. The molecule has 8 nitrogen and oxygen atoms in total. The number of nitrogens with one attached hydrogen (secondary N) is 1. The van der Waals surface area contributed by atoms with Gasteiger partial charge in [0.1, 0.15) is 12.0 Å². The molecule has 1 saturated heterocycles. The van der Waals surface area contributed by atoms with Crippen molar-refractivity contribution in [1.29, 1.82) is 0 Å². The molecule has 1 N–H and O–H groups in total. The number of hydrogen-bond donors (Lipinski definition) is 1. The van der Waals surface area contributed by atoms with Gasteiger partial charge in [0.2, 0.25) is 10.0 Å². The Kier molecular flexibility index (Phi) is 7.87. The first-order chi connectivity index (χ1) is 14.5. The van der Waals surface area contributed by atoms with E-state index in [0.29, 0.717) is 38.4 Å². The van der Waals surface area contributed by atoms with E-state index in [0.717, 1.165) is 25.3 Å². The van der Waals surface area contributed by atoms with Crippen LogP contribution < -0.4 is 5.32 Å². The Labute approximate surface area is 179 Å². The average Bonchev–Trinajstić information content (AvgIpc) is 3.26. The number of aryl methyl sites for hydroxylation is 1. The third-order valence-electron chi connectivity index (χ3n) is 5.18. The predicted molar refractivity (Wildman–Crippen MR) is 118 cm³/mol. The van der Waals surface area contributed by atoms with Gasteiger partial charge in [-0.05, 0) is 30.9 Å². The number of aliphatic imine (C=N–C) groups is 1. The highest BCUT2D eigenvalue weighted by molar-refractivity contribution is 7.88. The van der Waals surface area contributed by atoms with Crippen LogP contribution in [-0.2, 0) is 28.6 Å². The van der Waals surface area contributed by atoms with Crippen LogP contribution in [0.3, 0.4) is 0 Å². The molecule has 1 fully saturated rings. The van der Waals surface area contributed by atoms with Gasteiger partial charge in [0.25, 0.3) is 0 Å². The number of guanidine groups is 1. The molecule has 0 spiro atoms. The SMILES string of the molecule is CCNC(=NCCc1ccc(CC)cc1)N1CCN(S(=O)(=O)Cc2ccon2)CC1. The van der Waals surface area contributed by atoms with E-state index in [-0.39, 0.29) is 5.75 Å². The zero-order chi connectivity index (χ0) is 21.4. The lowest BCUT2D eigenvalue weighted by molar-refractivity contribution is 0.260. The van der Waals surface area contributed by atoms with Crippen LogP contribution >= 0.6 is 0 Å². The van der Waals surface area contributed by atoms with Crippen molar-refractivity contribution in [1.82, 2.24) is 19.7 Å². The Hall–Kier alpha value is -2.39. The van der Waals surface area contributed by atoms with Gasteiger partial charge in [-0.25, -0.2) is 8.42 Å². The van der Waals surface area contributed by atoms with Crippen LogP contribution in [0.15, 0.2) is 46.1 Å². The summed E-state index contributed by atoms with van der Waals surface area (Å²) >= 11 is 0. The van der Waals surface area contributed by atoms with Crippen LogP contribution in [0.2, 0.25) is 0 Å². The molecule has 1 aromatic heterocycles. The molecule has 1 aliphatic rings. The number of rotatable bonds is 8. The van der Waals surface area contributed by atoms with Gasteiger partial charge in [0.15, 0.2) is 5.96 Å². The van der Waals surface area contributed by atoms with Gasteiger partial charge in [0, 0.05) is 45.3 Å². The maximum absolute atomic E-state index is 12.6. The Bertz CT molecular complexity index is 903. The number of nitrogens with zero attached hydrogens (tertiary/aromatic N) is 4. The number of sulfonamides is 1. The van der Waals surface area contributed by atoms with Gasteiger partial charge < -0.3 is 14.7 Å². The maximum atomic E-state index is 12.6. The van der Waals surface area contributed by atoms with Crippen LogP contribution in [0.1, 0.15) is 30.7 Å². The van der Waals surface area contributed by atoms with E-state index in [2.05, 4.69) is 46.6 Å². The van der Waals surface area contributed by atoms with Gasteiger partial charge in [0.05, 0.1) is 5.69 Å². The predicted octanol–water partition coefficient (Wildman–Crippen LogP) is 1.89. The molecule has 30 heavy (non-hydrogen) atoms. The summed E-state index contributed by atoms with van der Waals surface area (Å²) in [5.41, 5.74) is 3.04. The fraction of sp³-hybridized carbons (Fsp3) is 0.524. The Morgan fingerprint density at radius 3 is 2.40 bits per heavy atom.